The van der Waals surface area contributed by atoms with E-state index in [1.807, 2.05) is 48.3 Å². The molecule has 42 heavy (non-hydrogen) atoms. The van der Waals surface area contributed by atoms with E-state index in [0.717, 1.165) is 22.9 Å². The molecule has 0 aliphatic heterocycles. The monoisotopic (exact) mass is 568 g/mol. The Morgan fingerprint density at radius 3 is 2.62 bits per heavy atom. The lowest BCUT2D eigenvalue weighted by Crippen LogP contribution is -2.28. The summed E-state index contributed by atoms with van der Waals surface area (Å²) in [6, 6.07) is 16.5. The fourth-order valence-corrected chi connectivity index (χ4v) is 3.62. The minimum absolute atomic E-state index is 0.0781. The summed E-state index contributed by atoms with van der Waals surface area (Å²) < 4.78 is 11.1. The topological polar surface area (TPSA) is 196 Å². The van der Waals surface area contributed by atoms with Crippen LogP contribution in [0.25, 0.3) is 11.2 Å². The zero-order valence-electron chi connectivity index (χ0n) is 22.6. The number of hydrogen-bond acceptors (Lipinski definition) is 11. The Labute approximate surface area is 241 Å². The van der Waals surface area contributed by atoms with Crippen molar-refractivity contribution in [2.75, 3.05) is 30.8 Å². The van der Waals surface area contributed by atoms with Crippen LogP contribution < -0.4 is 20.7 Å². The Kier molecular flexibility index (Phi) is 9.88. The van der Waals surface area contributed by atoms with Crippen LogP contribution in [0.1, 0.15) is 16.7 Å². The standard InChI is InChI=1S/C29H28N8O5/c1-37(23-11-9-19(10-12-23)3-2-4-22(15-30)27(38)39)13-14-41-29(40)32-16-20-5-7-21(8-6-20)17-42-26-24-25(34-18-33-24)35-28(31)36-26/h4-12,18,27,38-39H,13-14,16-17H2,1H3,(H,32,40)(H3,31,33,34,35,36)/b22-4+. The third kappa shape index (κ3) is 8.19. The third-order valence-corrected chi connectivity index (χ3v) is 5.92. The van der Waals surface area contributed by atoms with Gasteiger partial charge in [0.1, 0.15) is 24.8 Å². The molecule has 13 heteroatoms. The van der Waals surface area contributed by atoms with Crippen LogP contribution in [-0.2, 0) is 17.9 Å². The van der Waals surface area contributed by atoms with Crippen LogP contribution in [0, 0.1) is 23.2 Å². The molecule has 0 atom stereocenters. The number of anilines is 2. The number of amides is 1. The van der Waals surface area contributed by atoms with Crippen LogP contribution in [-0.4, -0.2) is 62.7 Å². The predicted molar refractivity (Wildman–Crippen MR) is 154 cm³/mol. The van der Waals surface area contributed by atoms with Gasteiger partial charge in [0.05, 0.1) is 18.4 Å². The molecule has 214 valence electrons. The average Bonchev–Trinajstić information content (AvgIpc) is 3.46. The molecule has 0 spiro atoms. The number of aromatic amines is 1. The first-order chi connectivity index (χ1) is 20.3. The number of nitrogens with zero attached hydrogens (tertiary/aromatic N) is 5. The summed E-state index contributed by atoms with van der Waals surface area (Å²) in [6.45, 7) is 1.22. The number of allylic oxidation sites excluding steroid dienone is 1. The van der Waals surface area contributed by atoms with Crippen molar-refractivity contribution < 1.29 is 24.5 Å². The lowest BCUT2D eigenvalue weighted by molar-refractivity contribution is -0.00405. The van der Waals surface area contributed by atoms with Crippen molar-refractivity contribution in [3.05, 3.63) is 83.2 Å². The van der Waals surface area contributed by atoms with E-state index in [9.17, 15) is 4.79 Å². The highest BCUT2D eigenvalue weighted by Gasteiger charge is 2.10. The number of fused-ring (bicyclic) bond motifs is 1. The van der Waals surface area contributed by atoms with Crippen LogP contribution in [0.5, 0.6) is 5.88 Å². The first-order valence-corrected chi connectivity index (χ1v) is 12.7. The zero-order valence-corrected chi connectivity index (χ0v) is 22.6. The molecule has 0 bridgehead atoms. The van der Waals surface area contributed by atoms with Crippen molar-refractivity contribution >= 4 is 28.9 Å². The summed E-state index contributed by atoms with van der Waals surface area (Å²) in [5.41, 5.74) is 9.86. The Bertz CT molecular complexity index is 1650. The van der Waals surface area contributed by atoms with Gasteiger partial charge < -0.3 is 40.6 Å². The molecule has 13 nitrogen and oxygen atoms in total. The number of nitrogens with one attached hydrogen (secondary N) is 2. The van der Waals surface area contributed by atoms with Crippen molar-refractivity contribution in [3.63, 3.8) is 0 Å². The van der Waals surface area contributed by atoms with E-state index in [1.54, 1.807) is 18.2 Å². The predicted octanol–water partition coefficient (Wildman–Crippen LogP) is 1.99. The lowest BCUT2D eigenvalue weighted by atomic mass is 10.1. The molecule has 4 rings (SSSR count). The molecule has 0 aliphatic rings. The van der Waals surface area contributed by atoms with Crippen LogP contribution in [0.4, 0.5) is 16.4 Å². The largest absolute Gasteiger partial charge is 0.471 e. The molecule has 0 radical (unpaired) electrons. The van der Waals surface area contributed by atoms with Gasteiger partial charge in [0.25, 0.3) is 0 Å². The van der Waals surface area contributed by atoms with E-state index in [1.165, 1.54) is 6.33 Å². The van der Waals surface area contributed by atoms with Gasteiger partial charge in [0.2, 0.25) is 11.8 Å². The molecule has 0 fully saturated rings. The molecular weight excluding hydrogens is 540 g/mol. The Morgan fingerprint density at radius 1 is 1.17 bits per heavy atom. The number of imidazole rings is 1. The highest BCUT2D eigenvalue weighted by atomic mass is 16.5. The third-order valence-electron chi connectivity index (χ3n) is 5.92. The number of carbonyl (C=O) groups is 1. The fourth-order valence-electron chi connectivity index (χ4n) is 3.62. The van der Waals surface area contributed by atoms with Gasteiger partial charge in [-0.3, -0.25) is 0 Å². The maximum atomic E-state index is 12.2. The smallest absolute Gasteiger partial charge is 0.407 e. The van der Waals surface area contributed by atoms with Crippen LogP contribution in [0.15, 0.2) is 66.5 Å². The molecule has 1 amide bonds. The number of aliphatic hydroxyl groups excluding tert-OH is 1. The molecule has 0 aliphatic carbocycles. The first kappa shape index (κ1) is 29.4. The zero-order chi connectivity index (χ0) is 29.9. The van der Waals surface area contributed by atoms with Gasteiger partial charge in [-0.05, 0) is 35.4 Å². The minimum atomic E-state index is -1.85. The quantitative estimate of drug-likeness (QED) is 0.107. The Hall–Kier alpha value is -5.63. The summed E-state index contributed by atoms with van der Waals surface area (Å²) in [7, 11) is 1.87. The second-order valence-corrected chi connectivity index (χ2v) is 8.91. The number of nitrogens with two attached hydrogens (primary N) is 1. The average molecular weight is 569 g/mol. The molecule has 4 aromatic rings. The molecular formula is C29H28N8O5. The second-order valence-electron chi connectivity index (χ2n) is 8.91. The number of aliphatic hydroxyl groups is 2. The number of rotatable bonds is 10. The number of nitrogen functional groups attached to an aromatic ring is 1. The van der Waals surface area contributed by atoms with Gasteiger partial charge in [0, 0.05) is 30.9 Å². The van der Waals surface area contributed by atoms with Gasteiger partial charge in [-0.15, -0.1) is 0 Å². The normalized spacial score (nSPS) is 11.0. The number of hydrogen-bond donors (Lipinski definition) is 5. The minimum Gasteiger partial charge on any atom is -0.471 e. The summed E-state index contributed by atoms with van der Waals surface area (Å²) in [4.78, 5) is 29.2. The van der Waals surface area contributed by atoms with Crippen molar-refractivity contribution in [3.8, 4) is 23.8 Å². The van der Waals surface area contributed by atoms with Crippen molar-refractivity contribution in [2.45, 2.75) is 19.4 Å². The molecule has 0 saturated carbocycles. The van der Waals surface area contributed by atoms with Crippen LogP contribution >= 0.6 is 0 Å². The molecule has 2 aromatic heterocycles. The van der Waals surface area contributed by atoms with Gasteiger partial charge in [-0.2, -0.15) is 15.2 Å². The maximum Gasteiger partial charge on any atom is 0.407 e. The SMILES string of the molecule is CN(CCOC(=O)NCc1ccc(COc2nc(N)nc3nc[nH]c23)cc1)c1ccc(C#C/C=C(\C#N)C(O)O)cc1. The number of likely N-dealkylation sites (N-methyl/N-ethyl adjacent to an activating group) is 1. The molecule has 0 unspecified atom stereocenters. The van der Waals surface area contributed by atoms with E-state index >= 15 is 0 Å². The molecule has 0 saturated heterocycles. The number of alkyl carbamates (subject to hydrolysis) is 1. The lowest BCUT2D eigenvalue weighted by Gasteiger charge is -2.19. The number of carbonyl (C=O) groups excluding carboxylic acids is 1. The van der Waals surface area contributed by atoms with E-state index < -0.39 is 12.4 Å². The fraction of sp³-hybridized carbons (Fsp3) is 0.207. The van der Waals surface area contributed by atoms with Gasteiger partial charge in [0.15, 0.2) is 11.9 Å². The maximum absolute atomic E-state index is 12.2. The number of nitriles is 1. The number of benzene rings is 2. The highest BCUT2D eigenvalue weighted by Crippen LogP contribution is 2.21. The number of aromatic nitrogens is 4. The van der Waals surface area contributed by atoms with Gasteiger partial charge in [-0.25, -0.2) is 9.78 Å². The summed E-state index contributed by atoms with van der Waals surface area (Å²) >= 11 is 0. The Morgan fingerprint density at radius 2 is 1.90 bits per heavy atom. The van der Waals surface area contributed by atoms with E-state index in [0.29, 0.717) is 35.7 Å². The Balaban J connectivity index is 1.17. The second kappa shape index (κ2) is 14.1. The van der Waals surface area contributed by atoms with Crippen LogP contribution in [0.2, 0.25) is 0 Å². The van der Waals surface area contributed by atoms with Crippen molar-refractivity contribution in [1.82, 2.24) is 25.3 Å². The van der Waals surface area contributed by atoms with Crippen molar-refractivity contribution in [1.29, 1.82) is 5.26 Å². The molecule has 2 aromatic carbocycles. The van der Waals surface area contributed by atoms with E-state index in [4.69, 9.17) is 30.7 Å². The molecule has 2 heterocycles. The van der Waals surface area contributed by atoms with E-state index in [2.05, 4.69) is 37.1 Å². The molecule has 6 N–H and O–H groups in total. The first-order valence-electron chi connectivity index (χ1n) is 12.7. The number of H-pyrrole nitrogens is 1. The van der Waals surface area contributed by atoms with Crippen molar-refractivity contribution in [2.24, 2.45) is 0 Å². The summed E-state index contributed by atoms with van der Waals surface area (Å²) in [6.07, 6.45) is 0.284. The number of ether oxygens (including phenoxy) is 2. The van der Waals surface area contributed by atoms with Gasteiger partial charge >= 0.3 is 6.09 Å². The van der Waals surface area contributed by atoms with Gasteiger partial charge in [-0.1, -0.05) is 36.1 Å². The summed E-state index contributed by atoms with van der Waals surface area (Å²) in [5.74, 6) is 5.85. The van der Waals surface area contributed by atoms with E-state index in [-0.39, 0.29) is 24.7 Å². The van der Waals surface area contributed by atoms with Crippen LogP contribution in [0.3, 0.4) is 0 Å². The summed E-state index contributed by atoms with van der Waals surface area (Å²) in [5, 5.41) is 29.6. The highest BCUT2D eigenvalue weighted by molar-refractivity contribution is 5.76.